The highest BCUT2D eigenvalue weighted by atomic mass is 32.1. The number of hydrogen-bond acceptors (Lipinski definition) is 5. The Labute approximate surface area is 133 Å². The van der Waals surface area contributed by atoms with Gasteiger partial charge in [0.05, 0.1) is 12.2 Å². The molecule has 3 rings (SSSR count). The number of carboxylic acids is 1. The van der Waals surface area contributed by atoms with Crippen molar-refractivity contribution in [3.05, 3.63) is 45.7 Å². The lowest BCUT2D eigenvalue weighted by Crippen LogP contribution is -2.20. The van der Waals surface area contributed by atoms with Gasteiger partial charge in [-0.2, -0.15) is 0 Å². The Morgan fingerprint density at radius 1 is 1.41 bits per heavy atom. The van der Waals surface area contributed by atoms with Gasteiger partial charge in [0, 0.05) is 24.9 Å². The van der Waals surface area contributed by atoms with Gasteiger partial charge in [0.25, 0.3) is 0 Å². The first-order valence-electron chi connectivity index (χ1n) is 7.44. The molecule has 1 saturated carbocycles. The lowest BCUT2D eigenvalue weighted by Gasteiger charge is -2.14. The Hall–Kier alpha value is -1.79. The molecule has 1 N–H and O–H groups in total. The second kappa shape index (κ2) is 6.54. The maximum absolute atomic E-state index is 11.3. The number of likely N-dealkylation sites (N-methyl/N-ethyl adjacent to an activating group) is 1. The Balaban J connectivity index is 1.60. The summed E-state index contributed by atoms with van der Waals surface area (Å²) in [5, 5.41) is 10.2. The minimum atomic E-state index is -0.843. The molecule has 0 amide bonds. The van der Waals surface area contributed by atoms with Crippen molar-refractivity contribution in [1.29, 1.82) is 0 Å². The number of carbonyl (C=O) groups is 1. The van der Waals surface area contributed by atoms with E-state index in [1.807, 2.05) is 19.2 Å². The third-order valence-electron chi connectivity index (χ3n) is 3.79. The van der Waals surface area contributed by atoms with E-state index in [0.717, 1.165) is 36.5 Å². The molecule has 0 aromatic carbocycles. The molecule has 0 saturated heterocycles. The van der Waals surface area contributed by atoms with Crippen molar-refractivity contribution in [3.8, 4) is 0 Å². The van der Waals surface area contributed by atoms with E-state index < -0.39 is 5.97 Å². The van der Waals surface area contributed by atoms with E-state index in [9.17, 15) is 9.90 Å². The maximum atomic E-state index is 11.3. The Morgan fingerprint density at radius 3 is 2.77 bits per heavy atom. The van der Waals surface area contributed by atoms with E-state index in [1.54, 1.807) is 12.4 Å². The minimum Gasteiger partial charge on any atom is -0.477 e. The molecule has 5 nitrogen and oxygen atoms in total. The molecule has 0 unspecified atom stereocenters. The van der Waals surface area contributed by atoms with Crippen LogP contribution in [-0.2, 0) is 13.0 Å². The molecule has 22 heavy (non-hydrogen) atoms. The molecule has 2 aromatic rings. The van der Waals surface area contributed by atoms with E-state index in [4.69, 9.17) is 0 Å². The van der Waals surface area contributed by atoms with Crippen LogP contribution in [0, 0.1) is 0 Å². The topological polar surface area (TPSA) is 66.3 Å². The number of thiazole rings is 1. The first kappa shape index (κ1) is 15.1. The fourth-order valence-corrected chi connectivity index (χ4v) is 3.48. The van der Waals surface area contributed by atoms with Crippen LogP contribution in [0.5, 0.6) is 0 Å². The number of carboxylic acid groups (broad SMARTS) is 1. The quantitative estimate of drug-likeness (QED) is 0.850. The average Bonchev–Trinajstić information content (AvgIpc) is 3.27. The van der Waals surface area contributed by atoms with E-state index in [0.29, 0.717) is 17.3 Å². The first-order chi connectivity index (χ1) is 10.6. The number of rotatable bonds is 7. The third kappa shape index (κ3) is 3.69. The molecule has 0 radical (unpaired) electrons. The van der Waals surface area contributed by atoms with Gasteiger partial charge in [-0.15, -0.1) is 11.3 Å². The highest BCUT2D eigenvalue weighted by Gasteiger charge is 2.32. The Morgan fingerprint density at radius 2 is 2.14 bits per heavy atom. The summed E-state index contributed by atoms with van der Waals surface area (Å²) in [7, 11) is 2.04. The highest BCUT2D eigenvalue weighted by Crippen LogP contribution is 2.42. The summed E-state index contributed by atoms with van der Waals surface area (Å²) in [6.45, 7) is 1.60. The Bertz CT molecular complexity index is 653. The predicted molar refractivity (Wildman–Crippen MR) is 85.3 cm³/mol. The maximum Gasteiger partial charge on any atom is 0.347 e. The van der Waals surface area contributed by atoms with Gasteiger partial charge in [0.1, 0.15) is 9.88 Å². The lowest BCUT2D eigenvalue weighted by molar-refractivity contribution is 0.0700. The second-order valence-electron chi connectivity index (χ2n) is 5.74. The van der Waals surface area contributed by atoms with Gasteiger partial charge >= 0.3 is 5.97 Å². The first-order valence-corrected chi connectivity index (χ1v) is 8.25. The molecular formula is C16H19N3O2S. The predicted octanol–water partition coefficient (Wildman–Crippen LogP) is 2.79. The van der Waals surface area contributed by atoms with Crippen molar-refractivity contribution in [1.82, 2.24) is 14.9 Å². The number of aromatic nitrogens is 2. The van der Waals surface area contributed by atoms with Gasteiger partial charge in [-0.25, -0.2) is 9.78 Å². The van der Waals surface area contributed by atoms with Crippen LogP contribution in [0.1, 0.15) is 44.7 Å². The number of nitrogens with zero attached hydrogens (tertiary/aromatic N) is 3. The number of pyridine rings is 1. The summed E-state index contributed by atoms with van der Waals surface area (Å²) < 4.78 is 0. The Kier molecular flexibility index (Phi) is 4.49. The normalized spacial score (nSPS) is 14.5. The molecule has 2 aromatic heterocycles. The van der Waals surface area contributed by atoms with Crippen LogP contribution in [0.25, 0.3) is 0 Å². The van der Waals surface area contributed by atoms with Crippen LogP contribution in [0.3, 0.4) is 0 Å². The van der Waals surface area contributed by atoms with E-state index in [-0.39, 0.29) is 0 Å². The third-order valence-corrected chi connectivity index (χ3v) is 4.84. The van der Waals surface area contributed by atoms with Crippen LogP contribution in [0.2, 0.25) is 0 Å². The van der Waals surface area contributed by atoms with E-state index >= 15 is 0 Å². The molecule has 0 spiro atoms. The van der Waals surface area contributed by atoms with Crippen LogP contribution >= 0.6 is 11.3 Å². The molecule has 1 aliphatic rings. The largest absolute Gasteiger partial charge is 0.477 e. The van der Waals surface area contributed by atoms with Gasteiger partial charge in [0.15, 0.2) is 0 Å². The molecule has 0 bridgehead atoms. The zero-order valence-electron chi connectivity index (χ0n) is 12.5. The summed E-state index contributed by atoms with van der Waals surface area (Å²) in [5.74, 6) is -0.469. The minimum absolute atomic E-state index is 0.373. The van der Waals surface area contributed by atoms with Crippen LogP contribution in [0.15, 0.2) is 24.5 Å². The van der Waals surface area contributed by atoms with E-state index in [2.05, 4.69) is 14.9 Å². The van der Waals surface area contributed by atoms with Crippen LogP contribution in [-0.4, -0.2) is 39.5 Å². The molecular weight excluding hydrogens is 298 g/mol. The van der Waals surface area contributed by atoms with Crippen LogP contribution < -0.4 is 0 Å². The summed E-state index contributed by atoms with van der Waals surface area (Å²) >= 11 is 1.32. The number of aromatic carboxylic acids is 1. The van der Waals surface area contributed by atoms with Crippen molar-refractivity contribution in [2.45, 2.75) is 31.7 Å². The van der Waals surface area contributed by atoms with Gasteiger partial charge < -0.3 is 5.11 Å². The van der Waals surface area contributed by atoms with Crippen molar-refractivity contribution >= 4 is 17.3 Å². The standard InChI is InChI=1S/C16H19N3O2S/c1-19(9-6-11-4-7-17-8-5-11)10-13-18-14(12-2-3-12)15(22-13)16(20)21/h4-5,7-8,12H,2-3,6,9-10H2,1H3,(H,20,21). The molecule has 1 aliphatic carbocycles. The van der Waals surface area contributed by atoms with Crippen LogP contribution in [0.4, 0.5) is 0 Å². The molecule has 2 heterocycles. The lowest BCUT2D eigenvalue weighted by atomic mass is 10.2. The fraction of sp³-hybridized carbons (Fsp3) is 0.438. The molecule has 0 aliphatic heterocycles. The molecule has 0 atom stereocenters. The smallest absolute Gasteiger partial charge is 0.347 e. The van der Waals surface area contributed by atoms with Gasteiger partial charge in [0.2, 0.25) is 0 Å². The van der Waals surface area contributed by atoms with Gasteiger partial charge in [-0.3, -0.25) is 9.88 Å². The molecule has 6 heteroatoms. The fourth-order valence-electron chi connectivity index (χ4n) is 2.41. The zero-order valence-corrected chi connectivity index (χ0v) is 13.3. The molecule has 1 fully saturated rings. The van der Waals surface area contributed by atoms with Crippen molar-refractivity contribution in [3.63, 3.8) is 0 Å². The van der Waals surface area contributed by atoms with Crippen molar-refractivity contribution < 1.29 is 9.90 Å². The van der Waals surface area contributed by atoms with Crippen molar-refractivity contribution in [2.75, 3.05) is 13.6 Å². The summed E-state index contributed by atoms with van der Waals surface area (Å²) in [5.41, 5.74) is 2.06. The van der Waals surface area contributed by atoms with Crippen molar-refractivity contribution in [2.24, 2.45) is 0 Å². The zero-order chi connectivity index (χ0) is 15.5. The summed E-state index contributed by atoms with van der Waals surface area (Å²) in [4.78, 5) is 22.5. The SMILES string of the molecule is CN(CCc1ccncc1)Cc1nc(C2CC2)c(C(=O)O)s1. The summed E-state index contributed by atoms with van der Waals surface area (Å²) in [6, 6.07) is 4.04. The average molecular weight is 317 g/mol. The second-order valence-corrected chi connectivity index (χ2v) is 6.83. The van der Waals surface area contributed by atoms with E-state index in [1.165, 1.54) is 16.9 Å². The molecule has 116 valence electrons. The van der Waals surface area contributed by atoms with Gasteiger partial charge in [-0.05, 0) is 44.0 Å². The number of hydrogen-bond donors (Lipinski definition) is 1. The summed E-state index contributed by atoms with van der Waals surface area (Å²) in [6.07, 6.45) is 6.70. The van der Waals surface area contributed by atoms with Gasteiger partial charge in [-0.1, -0.05) is 0 Å². The highest BCUT2D eigenvalue weighted by molar-refractivity contribution is 7.13. The monoisotopic (exact) mass is 317 g/mol.